The minimum absolute atomic E-state index is 0.0834. The van der Waals surface area contributed by atoms with E-state index in [4.69, 9.17) is 0 Å². The average Bonchev–Trinajstić information content (AvgIpc) is 2.22. The highest BCUT2D eigenvalue weighted by molar-refractivity contribution is 7.98. The van der Waals surface area contributed by atoms with Crippen LogP contribution in [0.4, 0.5) is 8.78 Å². The lowest BCUT2D eigenvalue weighted by Gasteiger charge is -2.17. The van der Waals surface area contributed by atoms with Gasteiger partial charge in [-0.2, -0.15) is 11.8 Å². The Morgan fingerprint density at radius 3 is 2.60 bits per heavy atom. The molecule has 1 unspecified atom stereocenters. The largest absolute Gasteiger partial charge is 0.310 e. The number of hydrogen-bond acceptors (Lipinski definition) is 2. The standard InChI is InChI=1S/C11H15F2NS/c1-3-14-11(7-15-2)8-4-5-9(12)10(13)6-8/h4-6,11,14H,3,7H2,1-2H3. The Hall–Kier alpha value is -0.610. The van der Waals surface area contributed by atoms with Gasteiger partial charge in [-0.1, -0.05) is 13.0 Å². The van der Waals surface area contributed by atoms with Crippen molar-refractivity contribution in [3.8, 4) is 0 Å². The van der Waals surface area contributed by atoms with E-state index < -0.39 is 11.6 Å². The first kappa shape index (κ1) is 12.5. The van der Waals surface area contributed by atoms with Crippen LogP contribution in [-0.2, 0) is 0 Å². The Bertz CT molecular complexity index is 311. The number of rotatable bonds is 5. The molecule has 0 saturated heterocycles. The van der Waals surface area contributed by atoms with Gasteiger partial charge in [0.1, 0.15) is 0 Å². The molecule has 1 atom stereocenters. The summed E-state index contributed by atoms with van der Waals surface area (Å²) in [6.45, 7) is 2.80. The van der Waals surface area contributed by atoms with Crippen LogP contribution in [0.1, 0.15) is 18.5 Å². The van der Waals surface area contributed by atoms with E-state index in [1.165, 1.54) is 12.1 Å². The van der Waals surface area contributed by atoms with Gasteiger partial charge in [0, 0.05) is 11.8 Å². The van der Waals surface area contributed by atoms with Gasteiger partial charge in [0.05, 0.1) is 0 Å². The molecular weight excluding hydrogens is 216 g/mol. The van der Waals surface area contributed by atoms with Crippen molar-refractivity contribution >= 4 is 11.8 Å². The zero-order valence-electron chi connectivity index (χ0n) is 8.89. The van der Waals surface area contributed by atoms with E-state index in [1.807, 2.05) is 13.2 Å². The molecule has 1 aromatic carbocycles. The topological polar surface area (TPSA) is 12.0 Å². The van der Waals surface area contributed by atoms with Crippen molar-refractivity contribution in [1.82, 2.24) is 5.32 Å². The number of thioether (sulfide) groups is 1. The zero-order chi connectivity index (χ0) is 11.3. The first-order chi connectivity index (χ1) is 7.19. The third kappa shape index (κ3) is 3.47. The SMILES string of the molecule is CCNC(CSC)c1ccc(F)c(F)c1. The van der Waals surface area contributed by atoms with Gasteiger partial charge in [-0.25, -0.2) is 8.78 Å². The minimum atomic E-state index is -0.793. The summed E-state index contributed by atoms with van der Waals surface area (Å²) in [7, 11) is 0. The Labute approximate surface area is 93.3 Å². The lowest BCUT2D eigenvalue weighted by Crippen LogP contribution is -2.23. The second kappa shape index (κ2) is 6.08. The van der Waals surface area contributed by atoms with Crippen LogP contribution in [0.5, 0.6) is 0 Å². The van der Waals surface area contributed by atoms with Gasteiger partial charge >= 0.3 is 0 Å². The van der Waals surface area contributed by atoms with Crippen LogP contribution in [0.2, 0.25) is 0 Å². The molecule has 0 aromatic heterocycles. The van der Waals surface area contributed by atoms with Crippen LogP contribution in [0, 0.1) is 11.6 Å². The van der Waals surface area contributed by atoms with Gasteiger partial charge in [0.15, 0.2) is 11.6 Å². The predicted octanol–water partition coefficient (Wildman–Crippen LogP) is 2.98. The second-order valence-corrected chi connectivity index (χ2v) is 4.15. The van der Waals surface area contributed by atoms with Crippen molar-refractivity contribution in [2.24, 2.45) is 0 Å². The van der Waals surface area contributed by atoms with Gasteiger partial charge in [0.2, 0.25) is 0 Å². The normalized spacial score (nSPS) is 12.8. The van der Waals surface area contributed by atoms with Gasteiger partial charge in [-0.15, -0.1) is 0 Å². The van der Waals surface area contributed by atoms with E-state index in [1.54, 1.807) is 17.8 Å². The fraction of sp³-hybridized carbons (Fsp3) is 0.455. The number of hydrogen-bond donors (Lipinski definition) is 1. The fourth-order valence-electron chi connectivity index (χ4n) is 1.42. The average molecular weight is 231 g/mol. The molecule has 1 nitrogen and oxygen atoms in total. The van der Waals surface area contributed by atoms with Gasteiger partial charge in [-0.3, -0.25) is 0 Å². The number of halogens is 2. The van der Waals surface area contributed by atoms with Crippen LogP contribution in [0.15, 0.2) is 18.2 Å². The molecule has 0 spiro atoms. The van der Waals surface area contributed by atoms with E-state index in [2.05, 4.69) is 5.32 Å². The maximum Gasteiger partial charge on any atom is 0.159 e. The summed E-state index contributed by atoms with van der Waals surface area (Å²) < 4.78 is 25.7. The number of nitrogens with one attached hydrogen (secondary N) is 1. The molecule has 0 heterocycles. The molecule has 0 aliphatic carbocycles. The first-order valence-corrected chi connectivity index (χ1v) is 6.25. The number of benzene rings is 1. The van der Waals surface area contributed by atoms with Crippen molar-refractivity contribution in [3.63, 3.8) is 0 Å². The summed E-state index contributed by atoms with van der Waals surface area (Å²) in [6.07, 6.45) is 1.99. The first-order valence-electron chi connectivity index (χ1n) is 4.86. The highest BCUT2D eigenvalue weighted by Crippen LogP contribution is 2.19. The van der Waals surface area contributed by atoms with Crippen molar-refractivity contribution in [1.29, 1.82) is 0 Å². The molecule has 84 valence electrons. The van der Waals surface area contributed by atoms with Crippen LogP contribution in [0.25, 0.3) is 0 Å². The molecule has 0 fully saturated rings. The van der Waals surface area contributed by atoms with E-state index in [9.17, 15) is 8.78 Å². The molecule has 0 radical (unpaired) electrons. The molecule has 0 bridgehead atoms. The van der Waals surface area contributed by atoms with Crippen LogP contribution >= 0.6 is 11.8 Å². The van der Waals surface area contributed by atoms with E-state index in [0.717, 1.165) is 17.9 Å². The molecule has 1 rings (SSSR count). The van der Waals surface area contributed by atoms with Crippen LogP contribution in [-0.4, -0.2) is 18.6 Å². The molecule has 1 N–H and O–H groups in total. The van der Waals surface area contributed by atoms with Gasteiger partial charge in [-0.05, 0) is 30.5 Å². The Kier molecular flexibility index (Phi) is 5.05. The summed E-state index contributed by atoms with van der Waals surface area (Å²) in [5.41, 5.74) is 0.796. The third-order valence-corrected chi connectivity index (χ3v) is 2.80. The Balaban J connectivity index is 2.85. The molecule has 1 aromatic rings. The lowest BCUT2D eigenvalue weighted by molar-refractivity contribution is 0.502. The molecule has 0 amide bonds. The molecule has 15 heavy (non-hydrogen) atoms. The highest BCUT2D eigenvalue weighted by Gasteiger charge is 2.11. The van der Waals surface area contributed by atoms with Gasteiger partial charge in [0.25, 0.3) is 0 Å². The summed E-state index contributed by atoms with van der Waals surface area (Å²) in [5, 5.41) is 3.24. The second-order valence-electron chi connectivity index (χ2n) is 3.24. The third-order valence-electron chi connectivity index (χ3n) is 2.13. The maximum absolute atomic E-state index is 13.0. The molecular formula is C11H15F2NS. The van der Waals surface area contributed by atoms with Crippen LogP contribution < -0.4 is 5.32 Å². The monoisotopic (exact) mass is 231 g/mol. The smallest absolute Gasteiger partial charge is 0.159 e. The molecule has 0 aliphatic rings. The van der Waals surface area contributed by atoms with E-state index >= 15 is 0 Å². The van der Waals surface area contributed by atoms with Gasteiger partial charge < -0.3 is 5.32 Å². The highest BCUT2D eigenvalue weighted by atomic mass is 32.2. The van der Waals surface area contributed by atoms with Crippen molar-refractivity contribution < 1.29 is 8.78 Å². The quantitative estimate of drug-likeness (QED) is 0.836. The van der Waals surface area contributed by atoms with Crippen molar-refractivity contribution in [2.45, 2.75) is 13.0 Å². The molecule has 0 saturated carbocycles. The summed E-state index contributed by atoms with van der Waals surface area (Å²) in [6, 6.07) is 4.15. The predicted molar refractivity (Wildman–Crippen MR) is 61.2 cm³/mol. The lowest BCUT2D eigenvalue weighted by atomic mass is 10.1. The summed E-state index contributed by atoms with van der Waals surface area (Å²) >= 11 is 1.68. The van der Waals surface area contributed by atoms with E-state index in [-0.39, 0.29) is 6.04 Å². The summed E-state index contributed by atoms with van der Waals surface area (Å²) in [4.78, 5) is 0. The zero-order valence-corrected chi connectivity index (χ0v) is 9.70. The minimum Gasteiger partial charge on any atom is -0.310 e. The maximum atomic E-state index is 13.0. The summed E-state index contributed by atoms with van der Waals surface area (Å²) in [5.74, 6) is -0.728. The Morgan fingerprint density at radius 1 is 1.33 bits per heavy atom. The molecule has 4 heteroatoms. The Morgan fingerprint density at radius 2 is 2.07 bits per heavy atom. The van der Waals surface area contributed by atoms with E-state index in [0.29, 0.717) is 0 Å². The fourth-order valence-corrected chi connectivity index (χ4v) is 2.06. The van der Waals surface area contributed by atoms with Crippen molar-refractivity contribution in [3.05, 3.63) is 35.4 Å². The van der Waals surface area contributed by atoms with Crippen LogP contribution in [0.3, 0.4) is 0 Å². The molecule has 0 aliphatic heterocycles. The van der Waals surface area contributed by atoms with Crippen molar-refractivity contribution in [2.75, 3.05) is 18.6 Å².